The Morgan fingerprint density at radius 2 is 1.65 bits per heavy atom. The number of carboxylic acids is 1. The quantitative estimate of drug-likeness (QED) is 0.306. The summed E-state index contributed by atoms with van der Waals surface area (Å²) in [4.78, 5) is 23.4. The monoisotopic (exact) mass is 521 g/mol. The smallest absolute Gasteiger partial charge is 0.317 e. The van der Waals surface area contributed by atoms with Crippen molar-refractivity contribution in [2.24, 2.45) is 0 Å². The summed E-state index contributed by atoms with van der Waals surface area (Å²) < 4.78 is 48.2. The highest BCUT2D eigenvalue weighted by Gasteiger charge is 2.23. The molecule has 1 unspecified atom stereocenters. The Morgan fingerprint density at radius 3 is 2.15 bits per heavy atom. The highest BCUT2D eigenvalue weighted by Crippen LogP contribution is 2.30. The van der Waals surface area contributed by atoms with Gasteiger partial charge in [-0.2, -0.15) is 0 Å². The molecular formula is C21H26ClF2N3O6S. The van der Waals surface area contributed by atoms with Crippen molar-refractivity contribution in [2.75, 3.05) is 33.2 Å². The highest BCUT2D eigenvalue weighted by molar-refractivity contribution is 7.82. The molecule has 2 aromatic rings. The van der Waals surface area contributed by atoms with Crippen LogP contribution in [0, 0.1) is 11.6 Å². The molecule has 0 bridgehead atoms. The summed E-state index contributed by atoms with van der Waals surface area (Å²) >= 11 is 5.76. The molecule has 9 nitrogen and oxygen atoms in total. The average molecular weight is 522 g/mol. The van der Waals surface area contributed by atoms with Crippen LogP contribution in [0.4, 0.5) is 8.78 Å². The second-order valence-electron chi connectivity index (χ2n) is 6.55. The van der Waals surface area contributed by atoms with Gasteiger partial charge in [-0.1, -0.05) is 25.4 Å². The van der Waals surface area contributed by atoms with E-state index < -0.39 is 46.8 Å². The number of likely N-dealkylation sites (N-methyl/N-ethyl adjacent to an activating group) is 1. The third-order valence-electron chi connectivity index (χ3n) is 4.02. The number of carbonyl (C=O) groups excluding carboxylic acids is 1. The zero-order valence-corrected chi connectivity index (χ0v) is 20.3. The zero-order chi connectivity index (χ0) is 25.8. The van der Waals surface area contributed by atoms with Crippen molar-refractivity contribution in [1.29, 1.82) is 0 Å². The molecule has 0 aliphatic carbocycles. The summed E-state index contributed by atoms with van der Waals surface area (Å²) in [6, 6.07) is 7.37. The summed E-state index contributed by atoms with van der Waals surface area (Å²) in [7, 11) is -0.727. The van der Waals surface area contributed by atoms with Crippen molar-refractivity contribution < 1.29 is 37.6 Å². The number of nitrogens with zero attached hydrogens (tertiary/aromatic N) is 2. The van der Waals surface area contributed by atoms with Gasteiger partial charge in [-0.15, -0.1) is 0 Å². The minimum atomic E-state index is -2.22. The summed E-state index contributed by atoms with van der Waals surface area (Å²) in [5.74, 6) is -4.84. The van der Waals surface area contributed by atoms with E-state index in [0.717, 1.165) is 16.4 Å². The van der Waals surface area contributed by atoms with Crippen molar-refractivity contribution >= 4 is 34.5 Å². The first-order chi connectivity index (χ1) is 16.1. The van der Waals surface area contributed by atoms with E-state index in [1.165, 1.54) is 41.7 Å². The van der Waals surface area contributed by atoms with Crippen molar-refractivity contribution in [3.05, 3.63) is 53.1 Å². The van der Waals surface area contributed by atoms with Crippen LogP contribution in [-0.2, 0) is 20.6 Å². The van der Waals surface area contributed by atoms with Gasteiger partial charge in [-0.3, -0.25) is 19.7 Å². The maximum Gasteiger partial charge on any atom is 0.317 e. The standard InChI is InChI=1S/C19H20ClF2N3O6S.C2H6/c1-24(11-18(27)28)6-7-25(10-17(26)23-29)32(30)14-8-15(21)19(16(22)9-14)31-13-4-2-12(20)3-5-13;1-2/h2-5,8-9,29H,6-7,10-11H2,1H3,(H,23,26)(H,27,28);1-2H3. The minimum Gasteiger partial charge on any atom is -0.480 e. The molecule has 0 saturated carbocycles. The highest BCUT2D eigenvalue weighted by atomic mass is 35.5. The molecule has 0 aliphatic rings. The van der Waals surface area contributed by atoms with Crippen molar-refractivity contribution in [1.82, 2.24) is 14.7 Å². The molecule has 0 radical (unpaired) electrons. The Balaban J connectivity index is 0.00000281. The summed E-state index contributed by atoms with van der Waals surface area (Å²) in [5, 5.41) is 18.0. The second-order valence-corrected chi connectivity index (χ2v) is 8.47. The lowest BCUT2D eigenvalue weighted by atomic mass is 10.3. The molecule has 2 rings (SSSR count). The van der Waals surface area contributed by atoms with Crippen LogP contribution >= 0.6 is 11.6 Å². The van der Waals surface area contributed by atoms with Crippen LogP contribution in [0.15, 0.2) is 41.3 Å². The number of ether oxygens (including phenoxy) is 1. The maximum absolute atomic E-state index is 14.5. The molecule has 0 fully saturated rings. The van der Waals surface area contributed by atoms with Crippen LogP contribution in [0.5, 0.6) is 11.5 Å². The van der Waals surface area contributed by atoms with Crippen LogP contribution in [0.1, 0.15) is 13.8 Å². The second kappa shape index (κ2) is 14.6. The number of hydrogen-bond acceptors (Lipinski definition) is 6. The van der Waals surface area contributed by atoms with Gasteiger partial charge in [0.25, 0.3) is 5.91 Å². The number of rotatable bonds is 11. The van der Waals surface area contributed by atoms with E-state index in [9.17, 15) is 22.6 Å². The molecule has 0 saturated heterocycles. The average Bonchev–Trinajstić information content (AvgIpc) is 2.80. The molecule has 34 heavy (non-hydrogen) atoms. The molecule has 13 heteroatoms. The number of halogens is 3. The van der Waals surface area contributed by atoms with Crippen molar-refractivity contribution in [2.45, 2.75) is 18.7 Å². The first-order valence-electron chi connectivity index (χ1n) is 10.0. The number of carboxylic acid groups (broad SMARTS) is 1. The Bertz CT molecular complexity index is 974. The first-order valence-corrected chi connectivity index (χ1v) is 11.5. The van der Waals surface area contributed by atoms with Crippen LogP contribution in [0.3, 0.4) is 0 Å². The van der Waals surface area contributed by atoms with E-state index in [0.29, 0.717) is 5.02 Å². The van der Waals surface area contributed by atoms with Crippen molar-refractivity contribution in [3.8, 4) is 11.5 Å². The van der Waals surface area contributed by atoms with E-state index in [4.69, 9.17) is 26.7 Å². The molecule has 3 N–H and O–H groups in total. The number of amides is 1. The van der Waals surface area contributed by atoms with E-state index in [1.54, 1.807) is 0 Å². The first kappa shape index (κ1) is 29.4. The number of nitrogens with one attached hydrogen (secondary N) is 1. The Kier molecular flexibility index (Phi) is 12.6. The van der Waals surface area contributed by atoms with E-state index in [-0.39, 0.29) is 30.3 Å². The topological polar surface area (TPSA) is 119 Å². The van der Waals surface area contributed by atoms with Gasteiger partial charge in [0, 0.05) is 18.1 Å². The van der Waals surface area contributed by atoms with Gasteiger partial charge in [0.2, 0.25) is 0 Å². The van der Waals surface area contributed by atoms with Gasteiger partial charge in [-0.05, 0) is 43.4 Å². The molecule has 1 atom stereocenters. The predicted octanol–water partition coefficient (Wildman–Crippen LogP) is 3.28. The molecule has 188 valence electrons. The lowest BCUT2D eigenvalue weighted by Crippen LogP contribution is -2.41. The van der Waals surface area contributed by atoms with Crippen LogP contribution in [0.25, 0.3) is 0 Å². The van der Waals surface area contributed by atoms with E-state index in [1.807, 2.05) is 13.8 Å². The van der Waals surface area contributed by atoms with Crippen LogP contribution in [0.2, 0.25) is 5.02 Å². The molecule has 0 aliphatic heterocycles. The normalized spacial score (nSPS) is 11.6. The lowest BCUT2D eigenvalue weighted by Gasteiger charge is -2.23. The van der Waals surface area contributed by atoms with E-state index in [2.05, 4.69) is 0 Å². The summed E-state index contributed by atoms with van der Waals surface area (Å²) in [6.45, 7) is 3.08. The fourth-order valence-corrected chi connectivity index (χ4v) is 3.83. The summed E-state index contributed by atoms with van der Waals surface area (Å²) in [5.41, 5.74) is 1.38. The number of carbonyl (C=O) groups is 2. The van der Waals surface area contributed by atoms with Gasteiger partial charge in [-0.25, -0.2) is 22.8 Å². The lowest BCUT2D eigenvalue weighted by molar-refractivity contribution is -0.138. The zero-order valence-electron chi connectivity index (χ0n) is 18.8. The number of aliphatic carboxylic acids is 1. The number of benzene rings is 2. The molecule has 0 aromatic heterocycles. The molecule has 0 spiro atoms. The Morgan fingerprint density at radius 1 is 1.09 bits per heavy atom. The minimum absolute atomic E-state index is 0.0689. The molecule has 2 aromatic carbocycles. The van der Waals surface area contributed by atoms with Crippen LogP contribution < -0.4 is 10.2 Å². The van der Waals surface area contributed by atoms with Gasteiger partial charge in [0.05, 0.1) is 18.0 Å². The Hall–Kier alpha value is -2.64. The molecular weight excluding hydrogens is 496 g/mol. The van der Waals surface area contributed by atoms with Crippen LogP contribution in [-0.4, -0.2) is 68.8 Å². The fraction of sp³-hybridized carbons (Fsp3) is 0.333. The van der Waals surface area contributed by atoms with Gasteiger partial charge < -0.3 is 9.84 Å². The molecule has 0 heterocycles. The van der Waals surface area contributed by atoms with Crippen molar-refractivity contribution in [3.63, 3.8) is 0 Å². The van der Waals surface area contributed by atoms with Gasteiger partial charge in [0.15, 0.2) is 17.4 Å². The molecule has 1 amide bonds. The number of hydroxylamine groups is 1. The predicted molar refractivity (Wildman–Crippen MR) is 122 cm³/mol. The SMILES string of the molecule is CC.CN(CCN(CC(=O)NO)S(=O)c1cc(F)c(Oc2ccc(Cl)cc2)c(F)c1)CC(=O)O. The van der Waals surface area contributed by atoms with Gasteiger partial charge in [0.1, 0.15) is 16.7 Å². The Labute approximate surface area is 203 Å². The van der Waals surface area contributed by atoms with Gasteiger partial charge >= 0.3 is 5.97 Å². The van der Waals surface area contributed by atoms with E-state index >= 15 is 0 Å². The number of hydrogen-bond donors (Lipinski definition) is 3. The third-order valence-corrected chi connectivity index (χ3v) is 5.69. The largest absolute Gasteiger partial charge is 0.480 e. The third kappa shape index (κ3) is 9.31. The fourth-order valence-electron chi connectivity index (χ4n) is 2.51. The maximum atomic E-state index is 14.5. The summed E-state index contributed by atoms with van der Waals surface area (Å²) in [6.07, 6.45) is 0.